The first-order chi connectivity index (χ1) is 16.1. The third-order valence-electron chi connectivity index (χ3n) is 4.74. The minimum absolute atomic E-state index is 0.128. The number of fused-ring (bicyclic) bond motifs is 1. The van der Waals surface area contributed by atoms with E-state index < -0.39 is 0 Å². The van der Waals surface area contributed by atoms with Crippen molar-refractivity contribution in [3.63, 3.8) is 0 Å². The average molecular weight is 469 g/mol. The minimum Gasteiger partial charge on any atom is -0.494 e. The van der Waals surface area contributed by atoms with Gasteiger partial charge in [0.15, 0.2) is 0 Å². The molecule has 0 unspecified atom stereocenters. The molecule has 0 saturated heterocycles. The number of ether oxygens (including phenoxy) is 2. The van der Waals surface area contributed by atoms with Gasteiger partial charge in [0.25, 0.3) is 5.91 Å². The molecule has 0 aliphatic heterocycles. The van der Waals surface area contributed by atoms with Gasteiger partial charge in [0, 0.05) is 5.56 Å². The molecule has 0 atom stereocenters. The maximum absolute atomic E-state index is 12.6. The number of carbonyl (C=O) groups excluding carboxylic acids is 1. The molecule has 3 aromatic heterocycles. The molecule has 3 heterocycles. The summed E-state index contributed by atoms with van der Waals surface area (Å²) in [5.41, 5.74) is 5.31. The van der Waals surface area contributed by atoms with Crippen LogP contribution in [0.25, 0.3) is 16.0 Å². The van der Waals surface area contributed by atoms with Gasteiger partial charge in [0.1, 0.15) is 35.0 Å². The number of nitrogens with one attached hydrogen (secondary N) is 1. The number of hydrogen-bond acceptors (Lipinski definition) is 8. The molecule has 2 N–H and O–H groups in total. The molecule has 33 heavy (non-hydrogen) atoms. The number of carbonyl (C=O) groups is 1. The zero-order chi connectivity index (χ0) is 23.2. The fourth-order valence-corrected chi connectivity index (χ4v) is 4.12. The lowest BCUT2D eigenvalue weighted by Crippen LogP contribution is -2.22. The Morgan fingerprint density at radius 3 is 2.76 bits per heavy atom. The molecule has 9 nitrogen and oxygen atoms in total. The number of imidazole rings is 1. The van der Waals surface area contributed by atoms with Crippen molar-refractivity contribution in [3.8, 4) is 16.5 Å². The van der Waals surface area contributed by atoms with Crippen LogP contribution in [0.15, 0.2) is 48.9 Å². The number of nitrogens with zero attached hydrogens (tertiary/aromatic N) is 3. The first-order valence-corrected chi connectivity index (χ1v) is 11.3. The highest BCUT2D eigenvalue weighted by Crippen LogP contribution is 2.27. The van der Waals surface area contributed by atoms with E-state index in [1.165, 1.54) is 11.3 Å². The molecule has 4 rings (SSSR count). The number of aliphatic hydroxyl groups is 1. The summed E-state index contributed by atoms with van der Waals surface area (Å²) in [5, 5.41) is 10.2. The number of aliphatic hydroxyl groups excluding tert-OH is 1. The number of aromatic nitrogens is 3. The molecule has 10 heteroatoms. The highest BCUT2D eigenvalue weighted by atomic mass is 32.1. The van der Waals surface area contributed by atoms with Crippen LogP contribution >= 0.6 is 11.3 Å². The predicted molar refractivity (Wildman–Crippen MR) is 124 cm³/mol. The fraction of sp³-hybridized carbons (Fsp3) is 0.261. The number of thiophene rings is 1. The Bertz CT molecular complexity index is 1250. The summed E-state index contributed by atoms with van der Waals surface area (Å²) >= 11 is 1.30. The van der Waals surface area contributed by atoms with Crippen molar-refractivity contribution < 1.29 is 24.2 Å². The highest BCUT2D eigenvalue weighted by Gasteiger charge is 2.14. The number of pyridine rings is 1. The van der Waals surface area contributed by atoms with E-state index in [9.17, 15) is 9.90 Å². The van der Waals surface area contributed by atoms with Gasteiger partial charge in [-0.3, -0.25) is 19.2 Å². The third-order valence-corrected chi connectivity index (χ3v) is 5.82. The minimum atomic E-state index is -0.354. The molecule has 1 aromatic carbocycles. The maximum atomic E-state index is 12.6. The van der Waals surface area contributed by atoms with E-state index >= 15 is 0 Å². The zero-order valence-corrected chi connectivity index (χ0v) is 19.1. The number of hydroxylamine groups is 1. The van der Waals surface area contributed by atoms with E-state index in [4.69, 9.17) is 14.3 Å². The molecule has 0 aliphatic carbocycles. The van der Waals surface area contributed by atoms with Gasteiger partial charge in [-0.25, -0.2) is 10.5 Å². The van der Waals surface area contributed by atoms with Crippen molar-refractivity contribution in [2.24, 2.45) is 0 Å². The maximum Gasteiger partial charge on any atom is 0.284 e. The molecule has 0 radical (unpaired) electrons. The van der Waals surface area contributed by atoms with Crippen molar-refractivity contribution in [2.75, 3.05) is 13.2 Å². The van der Waals surface area contributed by atoms with Crippen LogP contribution in [0.4, 0.5) is 0 Å². The second-order valence-electron chi connectivity index (χ2n) is 6.93. The lowest BCUT2D eigenvalue weighted by molar-refractivity contribution is 0.0228. The Balaban J connectivity index is 1.43. The molecule has 0 fully saturated rings. The summed E-state index contributed by atoms with van der Waals surface area (Å²) in [4.78, 5) is 27.0. The highest BCUT2D eigenvalue weighted by molar-refractivity contribution is 7.16. The monoisotopic (exact) mass is 468 g/mol. The van der Waals surface area contributed by atoms with Gasteiger partial charge in [-0.1, -0.05) is 0 Å². The average Bonchev–Trinajstić information content (AvgIpc) is 3.47. The van der Waals surface area contributed by atoms with Crippen LogP contribution in [-0.4, -0.2) is 38.8 Å². The van der Waals surface area contributed by atoms with Gasteiger partial charge in [-0.2, -0.15) is 0 Å². The number of hydrogen-bond donors (Lipinski definition) is 2. The smallest absolute Gasteiger partial charge is 0.284 e. The molecular formula is C23H24N4O5S. The topological polar surface area (TPSA) is 108 Å². The van der Waals surface area contributed by atoms with Crippen LogP contribution in [0, 0.1) is 0 Å². The van der Waals surface area contributed by atoms with E-state index in [2.05, 4.69) is 15.4 Å². The van der Waals surface area contributed by atoms with E-state index in [1.54, 1.807) is 24.7 Å². The molecule has 0 saturated carbocycles. The summed E-state index contributed by atoms with van der Waals surface area (Å²) in [6, 6.07) is 10.8. The Kier molecular flexibility index (Phi) is 7.18. The van der Waals surface area contributed by atoms with Crippen molar-refractivity contribution in [1.29, 1.82) is 0 Å². The lowest BCUT2D eigenvalue weighted by atomic mass is 10.2. The van der Waals surface area contributed by atoms with Crippen LogP contribution < -0.4 is 15.0 Å². The van der Waals surface area contributed by atoms with Gasteiger partial charge in [0.05, 0.1) is 42.1 Å². The molecule has 172 valence electrons. The van der Waals surface area contributed by atoms with Gasteiger partial charge < -0.3 is 14.6 Å². The van der Waals surface area contributed by atoms with Crippen molar-refractivity contribution in [1.82, 2.24) is 20.0 Å². The van der Waals surface area contributed by atoms with Crippen molar-refractivity contribution >= 4 is 28.3 Å². The normalized spacial score (nSPS) is 11.0. The second kappa shape index (κ2) is 10.4. The molecule has 0 bridgehead atoms. The summed E-state index contributed by atoms with van der Waals surface area (Å²) in [6.45, 7) is 4.86. The predicted octanol–water partition coefficient (Wildman–Crippen LogP) is 3.63. The first-order valence-electron chi connectivity index (χ1n) is 10.5. The summed E-state index contributed by atoms with van der Waals surface area (Å²) < 4.78 is 13.0. The van der Waals surface area contributed by atoms with Crippen LogP contribution in [0.5, 0.6) is 11.5 Å². The Labute approximate surface area is 194 Å². The zero-order valence-electron chi connectivity index (χ0n) is 18.3. The molecular weight excluding hydrogens is 444 g/mol. The van der Waals surface area contributed by atoms with E-state index in [0.29, 0.717) is 40.8 Å². The van der Waals surface area contributed by atoms with Crippen LogP contribution in [0.3, 0.4) is 0 Å². The van der Waals surface area contributed by atoms with Gasteiger partial charge in [-0.05, 0) is 50.2 Å². The molecule has 1 amide bonds. The number of benzene rings is 1. The van der Waals surface area contributed by atoms with Crippen LogP contribution in [-0.2, 0) is 18.1 Å². The fourth-order valence-electron chi connectivity index (χ4n) is 3.25. The second-order valence-corrected chi connectivity index (χ2v) is 7.99. The van der Waals surface area contributed by atoms with Crippen molar-refractivity contribution in [3.05, 3.63) is 65.1 Å². The quantitative estimate of drug-likeness (QED) is 0.342. The summed E-state index contributed by atoms with van der Waals surface area (Å²) in [7, 11) is 0. The Hall–Kier alpha value is -3.47. The van der Waals surface area contributed by atoms with Crippen molar-refractivity contribution in [2.45, 2.75) is 27.1 Å². The Morgan fingerprint density at radius 2 is 1.97 bits per heavy atom. The van der Waals surface area contributed by atoms with Gasteiger partial charge in [0.2, 0.25) is 0 Å². The van der Waals surface area contributed by atoms with Gasteiger partial charge in [-0.15, -0.1) is 11.3 Å². The summed E-state index contributed by atoms with van der Waals surface area (Å²) in [5.74, 6) is 1.03. The number of amides is 1. The first kappa shape index (κ1) is 22.7. The van der Waals surface area contributed by atoms with E-state index in [-0.39, 0.29) is 19.1 Å². The Morgan fingerprint density at radius 1 is 1.12 bits per heavy atom. The molecule has 0 spiro atoms. The number of rotatable bonds is 10. The van der Waals surface area contributed by atoms with Gasteiger partial charge >= 0.3 is 0 Å². The molecule has 4 aromatic rings. The van der Waals surface area contributed by atoms with E-state index in [1.807, 2.05) is 42.7 Å². The third kappa shape index (κ3) is 5.14. The van der Waals surface area contributed by atoms with E-state index in [0.717, 1.165) is 16.1 Å². The lowest BCUT2D eigenvalue weighted by Gasteiger charge is -2.13. The SMILES string of the molecule is CCOc1ccc(OCC)c(CONC(=O)c2ccc(-n3cnc4cnc(CO)cc43)s2)c1. The largest absolute Gasteiger partial charge is 0.494 e. The van der Waals surface area contributed by atoms with Crippen LogP contribution in [0.1, 0.15) is 34.8 Å². The van der Waals surface area contributed by atoms with Crippen LogP contribution in [0.2, 0.25) is 0 Å². The molecule has 0 aliphatic rings. The summed E-state index contributed by atoms with van der Waals surface area (Å²) in [6.07, 6.45) is 3.28. The standard InChI is InChI=1S/C23H24N4O5S/c1-3-30-17-5-6-20(31-4-2)15(9-17)13-32-26-23(29)21-7-8-22(33-21)27-14-25-18-11-24-16(12-28)10-19(18)27/h5-11,14,28H,3-4,12-13H2,1-2H3,(H,26,29).